The van der Waals surface area contributed by atoms with E-state index in [0.29, 0.717) is 0 Å². The van der Waals surface area contributed by atoms with Gasteiger partial charge >= 0.3 is 0 Å². The molecule has 0 radical (unpaired) electrons. The molecule has 1 fully saturated rings. The molecule has 4 rings (SSSR count). The summed E-state index contributed by atoms with van der Waals surface area (Å²) in [6.45, 7) is 3.65. The van der Waals surface area contributed by atoms with Crippen molar-refractivity contribution in [2.75, 3.05) is 23.3 Å². The van der Waals surface area contributed by atoms with Gasteiger partial charge in [-0.2, -0.15) is 0 Å². The minimum absolute atomic E-state index is 0.0409. The van der Waals surface area contributed by atoms with Crippen molar-refractivity contribution in [2.24, 2.45) is 5.92 Å². The number of carbonyl (C=O) groups excluding carboxylic acids is 1. The highest BCUT2D eigenvalue weighted by Crippen LogP contribution is 2.26. The smallest absolute Gasteiger partial charge is 0.227 e. The fourth-order valence-corrected chi connectivity index (χ4v) is 4.06. The molecule has 2 aromatic heterocycles. The van der Waals surface area contributed by atoms with Crippen LogP contribution in [0.3, 0.4) is 0 Å². The Morgan fingerprint density at radius 1 is 1.07 bits per heavy atom. The Morgan fingerprint density at radius 3 is 2.56 bits per heavy atom. The summed E-state index contributed by atoms with van der Waals surface area (Å²) in [6, 6.07) is 16.0. The number of amides is 1. The lowest BCUT2D eigenvalue weighted by Gasteiger charge is -2.31. The fraction of sp³-hybridized carbons (Fsp3) is 0.286. The number of benzene rings is 1. The Morgan fingerprint density at radius 2 is 1.89 bits per heavy atom. The first-order valence-electron chi connectivity index (χ1n) is 9.20. The van der Waals surface area contributed by atoms with Crippen LogP contribution in [0.5, 0.6) is 0 Å². The van der Waals surface area contributed by atoms with Crippen LogP contribution < -0.4 is 10.2 Å². The van der Waals surface area contributed by atoms with E-state index in [1.165, 1.54) is 0 Å². The third-order valence-electron chi connectivity index (χ3n) is 5.02. The molecule has 6 heteroatoms. The van der Waals surface area contributed by atoms with Crippen molar-refractivity contribution in [3.05, 3.63) is 59.5 Å². The highest BCUT2D eigenvalue weighted by molar-refractivity contribution is 7.13. The summed E-state index contributed by atoms with van der Waals surface area (Å²) >= 11 is 1.66. The van der Waals surface area contributed by atoms with E-state index in [1.807, 2.05) is 60.8 Å². The Labute approximate surface area is 163 Å². The average molecular weight is 379 g/mol. The SMILES string of the molecule is Cc1ccccc1NC(=O)C1CCN(c2ccc(-c3cccs3)nn2)CC1. The number of nitrogens with zero attached hydrogens (tertiary/aromatic N) is 3. The average Bonchev–Trinajstić information content (AvgIpc) is 3.25. The van der Waals surface area contributed by atoms with Gasteiger partial charge in [-0.1, -0.05) is 24.3 Å². The van der Waals surface area contributed by atoms with Crippen molar-refractivity contribution in [1.82, 2.24) is 10.2 Å². The summed E-state index contributed by atoms with van der Waals surface area (Å²) in [5, 5.41) is 13.9. The standard InChI is InChI=1S/C21H22N4OS/c1-15-5-2-3-6-17(15)22-21(26)16-10-12-25(13-11-16)20-9-8-18(23-24-20)19-7-4-14-27-19/h2-9,14,16H,10-13H2,1H3,(H,22,26). The zero-order valence-electron chi connectivity index (χ0n) is 15.3. The fourth-order valence-electron chi connectivity index (χ4n) is 3.37. The Bertz CT molecular complexity index is 900. The number of aryl methyl sites for hydroxylation is 1. The second-order valence-corrected chi connectivity index (χ2v) is 7.77. The van der Waals surface area contributed by atoms with Crippen LogP contribution in [-0.2, 0) is 4.79 Å². The van der Waals surface area contributed by atoms with Gasteiger partial charge in [0, 0.05) is 24.7 Å². The largest absolute Gasteiger partial charge is 0.355 e. The zero-order chi connectivity index (χ0) is 18.6. The molecule has 0 bridgehead atoms. The van der Waals surface area contributed by atoms with Crippen LogP contribution in [0, 0.1) is 12.8 Å². The van der Waals surface area contributed by atoms with E-state index in [2.05, 4.69) is 20.4 Å². The summed E-state index contributed by atoms with van der Waals surface area (Å²) in [6.07, 6.45) is 1.65. The van der Waals surface area contributed by atoms with Crippen molar-refractivity contribution in [2.45, 2.75) is 19.8 Å². The molecule has 1 saturated heterocycles. The van der Waals surface area contributed by atoms with Crippen molar-refractivity contribution in [3.8, 4) is 10.6 Å². The molecule has 138 valence electrons. The van der Waals surface area contributed by atoms with E-state index < -0.39 is 0 Å². The van der Waals surface area contributed by atoms with Crippen molar-refractivity contribution < 1.29 is 4.79 Å². The van der Waals surface area contributed by atoms with Crippen LogP contribution in [0.4, 0.5) is 11.5 Å². The Kier molecular flexibility index (Phi) is 5.16. The first kappa shape index (κ1) is 17.7. The number of carbonyl (C=O) groups is 1. The first-order valence-corrected chi connectivity index (χ1v) is 10.1. The number of thiophene rings is 1. The molecule has 1 aliphatic rings. The molecule has 0 aliphatic carbocycles. The number of anilines is 2. The third-order valence-corrected chi connectivity index (χ3v) is 5.91. The molecule has 27 heavy (non-hydrogen) atoms. The zero-order valence-corrected chi connectivity index (χ0v) is 16.1. The molecule has 1 aliphatic heterocycles. The van der Waals surface area contributed by atoms with E-state index in [0.717, 1.165) is 53.6 Å². The Balaban J connectivity index is 1.34. The second-order valence-electron chi connectivity index (χ2n) is 6.82. The van der Waals surface area contributed by atoms with Gasteiger partial charge < -0.3 is 10.2 Å². The van der Waals surface area contributed by atoms with Gasteiger partial charge in [0.25, 0.3) is 0 Å². The van der Waals surface area contributed by atoms with Crippen LogP contribution >= 0.6 is 11.3 Å². The van der Waals surface area contributed by atoms with Crippen LogP contribution in [0.2, 0.25) is 0 Å². The molecule has 5 nitrogen and oxygen atoms in total. The minimum Gasteiger partial charge on any atom is -0.355 e. The van der Waals surface area contributed by atoms with Crippen LogP contribution in [0.25, 0.3) is 10.6 Å². The van der Waals surface area contributed by atoms with E-state index in [9.17, 15) is 4.79 Å². The normalized spacial score (nSPS) is 14.9. The van der Waals surface area contributed by atoms with Gasteiger partial charge in [0.05, 0.1) is 4.88 Å². The second kappa shape index (κ2) is 7.88. The number of rotatable bonds is 4. The van der Waals surface area contributed by atoms with Gasteiger partial charge in [-0.05, 0) is 55.0 Å². The number of nitrogens with one attached hydrogen (secondary N) is 1. The number of aromatic nitrogens is 2. The lowest BCUT2D eigenvalue weighted by molar-refractivity contribution is -0.120. The van der Waals surface area contributed by atoms with Gasteiger partial charge in [-0.15, -0.1) is 21.5 Å². The monoisotopic (exact) mass is 378 g/mol. The molecule has 0 atom stereocenters. The highest BCUT2D eigenvalue weighted by Gasteiger charge is 2.26. The third kappa shape index (κ3) is 4.01. The lowest BCUT2D eigenvalue weighted by atomic mass is 9.95. The minimum atomic E-state index is 0.0409. The molecule has 0 saturated carbocycles. The van der Waals surface area contributed by atoms with Gasteiger partial charge in [0.2, 0.25) is 5.91 Å². The summed E-state index contributed by atoms with van der Waals surface area (Å²) in [7, 11) is 0. The summed E-state index contributed by atoms with van der Waals surface area (Å²) in [4.78, 5) is 15.9. The number of para-hydroxylation sites is 1. The maximum absolute atomic E-state index is 12.6. The number of hydrogen-bond donors (Lipinski definition) is 1. The molecule has 1 aromatic carbocycles. The van der Waals surface area contributed by atoms with E-state index in [4.69, 9.17) is 0 Å². The van der Waals surface area contributed by atoms with Gasteiger partial charge in [-0.3, -0.25) is 4.79 Å². The maximum Gasteiger partial charge on any atom is 0.227 e. The maximum atomic E-state index is 12.6. The lowest BCUT2D eigenvalue weighted by Crippen LogP contribution is -2.38. The van der Waals surface area contributed by atoms with Gasteiger partial charge in [0.15, 0.2) is 5.82 Å². The quantitative estimate of drug-likeness (QED) is 0.732. The van der Waals surface area contributed by atoms with E-state index >= 15 is 0 Å². The molecular formula is C21H22N4OS. The summed E-state index contributed by atoms with van der Waals surface area (Å²) in [5.41, 5.74) is 2.89. The van der Waals surface area contributed by atoms with Gasteiger partial charge in [-0.25, -0.2) is 0 Å². The highest BCUT2D eigenvalue weighted by atomic mass is 32.1. The van der Waals surface area contributed by atoms with Gasteiger partial charge in [0.1, 0.15) is 5.69 Å². The summed E-state index contributed by atoms with van der Waals surface area (Å²) < 4.78 is 0. The number of hydrogen-bond acceptors (Lipinski definition) is 5. The van der Waals surface area contributed by atoms with Crippen LogP contribution in [-0.4, -0.2) is 29.2 Å². The molecule has 3 heterocycles. The molecule has 0 unspecified atom stereocenters. The summed E-state index contributed by atoms with van der Waals surface area (Å²) in [5.74, 6) is 1.04. The molecule has 3 aromatic rings. The van der Waals surface area contributed by atoms with Crippen LogP contribution in [0.1, 0.15) is 18.4 Å². The first-order chi connectivity index (χ1) is 13.2. The van der Waals surface area contributed by atoms with E-state index in [-0.39, 0.29) is 11.8 Å². The topological polar surface area (TPSA) is 58.1 Å². The molecule has 0 spiro atoms. The predicted octanol–water partition coefficient (Wildman–Crippen LogP) is 4.37. The van der Waals surface area contributed by atoms with Crippen LogP contribution in [0.15, 0.2) is 53.9 Å². The van der Waals surface area contributed by atoms with Crippen molar-refractivity contribution >= 4 is 28.7 Å². The molecular weight excluding hydrogens is 356 g/mol. The Hall–Kier alpha value is -2.73. The number of piperidine rings is 1. The molecule has 1 N–H and O–H groups in total. The van der Waals surface area contributed by atoms with Crippen molar-refractivity contribution in [1.29, 1.82) is 0 Å². The van der Waals surface area contributed by atoms with E-state index in [1.54, 1.807) is 11.3 Å². The van der Waals surface area contributed by atoms with Crippen molar-refractivity contribution in [3.63, 3.8) is 0 Å². The predicted molar refractivity (Wildman–Crippen MR) is 110 cm³/mol. The molecule has 1 amide bonds.